The molecule has 6 nitrogen and oxygen atoms in total. The van der Waals surface area contributed by atoms with Crippen molar-refractivity contribution in [1.82, 2.24) is 4.72 Å². The number of nitrogens with zero attached hydrogens (tertiary/aromatic N) is 1. The fourth-order valence-electron chi connectivity index (χ4n) is 2.93. The van der Waals surface area contributed by atoms with Crippen LogP contribution in [0.15, 0.2) is 41.5 Å². The molecular weight excluding hydrogens is 384 g/mol. The summed E-state index contributed by atoms with van der Waals surface area (Å²) in [5.74, 6) is 0.835. The Morgan fingerprint density at radius 3 is 2.59 bits per heavy atom. The van der Waals surface area contributed by atoms with Gasteiger partial charge in [-0.15, -0.1) is 0 Å². The predicted octanol–water partition coefficient (Wildman–Crippen LogP) is 3.51. The number of nitrogens with two attached hydrogens (primary N) is 1. The lowest BCUT2D eigenvalue weighted by atomic mass is 9.86. The average molecular weight is 413 g/mol. The van der Waals surface area contributed by atoms with Crippen LogP contribution in [-0.2, 0) is 10.0 Å². The molecule has 0 unspecified atom stereocenters. The molecule has 1 aromatic carbocycles. The van der Waals surface area contributed by atoms with E-state index in [1.54, 1.807) is 26.1 Å². The first-order valence-electron chi connectivity index (χ1n) is 9.27. The Kier molecular flexibility index (Phi) is 8.13. The highest BCUT2D eigenvalue weighted by Gasteiger charge is 2.23. The van der Waals surface area contributed by atoms with Crippen molar-refractivity contribution in [2.75, 3.05) is 11.9 Å². The normalized spacial score (nSPS) is 21.7. The number of para-hydroxylation sites is 1. The van der Waals surface area contributed by atoms with Crippen LogP contribution in [0.4, 0.5) is 5.69 Å². The van der Waals surface area contributed by atoms with Gasteiger partial charge in [-0.3, -0.25) is 4.99 Å². The third kappa shape index (κ3) is 7.16. The molecule has 2 rings (SSSR count). The molecule has 0 radical (unpaired) electrons. The van der Waals surface area contributed by atoms with Crippen LogP contribution in [0.2, 0.25) is 5.02 Å². The second kappa shape index (κ2) is 10.1. The van der Waals surface area contributed by atoms with E-state index < -0.39 is 15.3 Å². The van der Waals surface area contributed by atoms with Gasteiger partial charge in [-0.2, -0.15) is 0 Å². The summed E-state index contributed by atoms with van der Waals surface area (Å²) >= 11 is 6.08. The van der Waals surface area contributed by atoms with Crippen molar-refractivity contribution in [3.05, 3.63) is 41.6 Å². The third-order valence-electron chi connectivity index (χ3n) is 4.71. The summed E-state index contributed by atoms with van der Waals surface area (Å²) in [6.45, 7) is 3.88. The lowest BCUT2D eigenvalue weighted by molar-refractivity contribution is 0.327. The fourth-order valence-corrected chi connectivity index (χ4v) is 3.92. The first-order chi connectivity index (χ1) is 12.8. The molecule has 0 bridgehead atoms. The molecule has 150 valence electrons. The molecule has 0 heterocycles. The minimum absolute atomic E-state index is 0.188. The van der Waals surface area contributed by atoms with Gasteiger partial charge in [0.25, 0.3) is 0 Å². The average Bonchev–Trinajstić information content (AvgIpc) is 2.62. The Morgan fingerprint density at radius 2 is 1.96 bits per heavy atom. The van der Waals surface area contributed by atoms with Crippen molar-refractivity contribution in [2.45, 2.75) is 50.8 Å². The lowest BCUT2D eigenvalue weighted by Crippen LogP contribution is -2.36. The summed E-state index contributed by atoms with van der Waals surface area (Å²) in [4.78, 5) is 4.56. The Morgan fingerprint density at radius 1 is 1.30 bits per heavy atom. The van der Waals surface area contributed by atoms with Crippen LogP contribution in [-0.4, -0.2) is 32.1 Å². The van der Waals surface area contributed by atoms with E-state index in [4.69, 9.17) is 17.3 Å². The van der Waals surface area contributed by atoms with Crippen molar-refractivity contribution < 1.29 is 8.42 Å². The maximum absolute atomic E-state index is 11.8. The predicted molar refractivity (Wildman–Crippen MR) is 114 cm³/mol. The van der Waals surface area contributed by atoms with Crippen LogP contribution in [0.5, 0.6) is 0 Å². The number of amidine groups is 1. The van der Waals surface area contributed by atoms with Gasteiger partial charge >= 0.3 is 0 Å². The van der Waals surface area contributed by atoms with E-state index in [1.807, 2.05) is 24.3 Å². The van der Waals surface area contributed by atoms with E-state index in [-0.39, 0.29) is 6.04 Å². The van der Waals surface area contributed by atoms with E-state index in [9.17, 15) is 8.42 Å². The van der Waals surface area contributed by atoms with Crippen LogP contribution in [0, 0.1) is 5.92 Å². The Bertz CT molecular complexity index is 770. The number of benzene rings is 1. The molecular formula is C19H29ClN4O2S. The summed E-state index contributed by atoms with van der Waals surface area (Å²) in [7, 11) is -3.19. The van der Waals surface area contributed by atoms with Gasteiger partial charge in [0.05, 0.1) is 22.0 Å². The van der Waals surface area contributed by atoms with E-state index in [0.29, 0.717) is 23.3 Å². The monoisotopic (exact) mass is 412 g/mol. The molecule has 0 spiro atoms. The second-order valence-corrected chi connectivity index (χ2v) is 9.86. The van der Waals surface area contributed by atoms with Gasteiger partial charge in [-0.05, 0) is 63.7 Å². The van der Waals surface area contributed by atoms with Crippen LogP contribution < -0.4 is 15.8 Å². The van der Waals surface area contributed by atoms with E-state index in [0.717, 1.165) is 31.4 Å². The lowest BCUT2D eigenvalue weighted by Gasteiger charge is -2.26. The van der Waals surface area contributed by atoms with Crippen molar-refractivity contribution in [2.24, 2.45) is 16.6 Å². The molecule has 1 aliphatic rings. The summed E-state index contributed by atoms with van der Waals surface area (Å²) < 4.78 is 26.4. The van der Waals surface area contributed by atoms with Crippen LogP contribution in [0.25, 0.3) is 0 Å². The summed E-state index contributed by atoms with van der Waals surface area (Å²) in [5.41, 5.74) is 6.80. The molecule has 4 N–H and O–H groups in total. The smallest absolute Gasteiger partial charge is 0.213 e. The molecule has 0 aliphatic heterocycles. The van der Waals surface area contributed by atoms with E-state index in [1.165, 1.54) is 0 Å². The zero-order valence-electron chi connectivity index (χ0n) is 15.9. The molecule has 1 fully saturated rings. The fraction of sp³-hybridized carbons (Fsp3) is 0.526. The van der Waals surface area contributed by atoms with Crippen LogP contribution in [0.3, 0.4) is 0 Å². The highest BCUT2D eigenvalue weighted by molar-refractivity contribution is 7.90. The standard InChI is InChI=1S/C19H29ClN4O2S/c1-14(2)27(25,26)23-13-15-7-9-16(10-8-15)24-19(21)11-12-22-18-6-4-3-5-17(18)20/h3-6,11-12,14-16,22-23H,7-10,13H2,1-2H3,(H2,21,24)/b12-11-. The number of anilines is 1. The molecule has 0 saturated heterocycles. The zero-order chi connectivity index (χ0) is 19.9. The second-order valence-electron chi connectivity index (χ2n) is 7.13. The minimum Gasteiger partial charge on any atom is -0.384 e. The van der Waals surface area contributed by atoms with Gasteiger partial charge in [-0.25, -0.2) is 13.1 Å². The van der Waals surface area contributed by atoms with Crippen LogP contribution in [0.1, 0.15) is 39.5 Å². The van der Waals surface area contributed by atoms with E-state index in [2.05, 4.69) is 15.0 Å². The Labute approximate surface area is 167 Å². The summed E-state index contributed by atoms with van der Waals surface area (Å²) in [5, 5.41) is 3.33. The highest BCUT2D eigenvalue weighted by atomic mass is 35.5. The van der Waals surface area contributed by atoms with Gasteiger partial charge in [0.2, 0.25) is 10.0 Å². The number of sulfonamides is 1. The molecule has 0 atom stereocenters. The summed E-state index contributed by atoms with van der Waals surface area (Å²) in [6, 6.07) is 7.66. The van der Waals surface area contributed by atoms with Crippen molar-refractivity contribution in [3.63, 3.8) is 0 Å². The maximum atomic E-state index is 11.8. The molecule has 27 heavy (non-hydrogen) atoms. The first-order valence-corrected chi connectivity index (χ1v) is 11.2. The van der Waals surface area contributed by atoms with Crippen molar-refractivity contribution in [3.8, 4) is 0 Å². The summed E-state index contributed by atoms with van der Waals surface area (Å²) in [6.07, 6.45) is 7.19. The largest absolute Gasteiger partial charge is 0.384 e. The van der Waals surface area contributed by atoms with Gasteiger partial charge < -0.3 is 11.1 Å². The van der Waals surface area contributed by atoms with Crippen LogP contribution >= 0.6 is 11.6 Å². The third-order valence-corrected chi connectivity index (χ3v) is 6.85. The number of aliphatic imine (C=N–C) groups is 1. The molecule has 0 amide bonds. The number of rotatable bonds is 8. The number of nitrogens with one attached hydrogen (secondary N) is 2. The van der Waals surface area contributed by atoms with Crippen molar-refractivity contribution >= 4 is 33.1 Å². The molecule has 1 aromatic rings. The Hall–Kier alpha value is -1.57. The minimum atomic E-state index is -3.19. The van der Waals surface area contributed by atoms with Gasteiger partial charge in [-0.1, -0.05) is 23.7 Å². The van der Waals surface area contributed by atoms with Gasteiger partial charge in [0.15, 0.2) is 0 Å². The highest BCUT2D eigenvalue weighted by Crippen LogP contribution is 2.26. The molecule has 1 saturated carbocycles. The molecule has 0 aromatic heterocycles. The number of halogens is 1. The first kappa shape index (κ1) is 21.7. The SMILES string of the molecule is CC(C)S(=O)(=O)NCC1CCC(N=C(N)/C=C\Nc2ccccc2Cl)CC1. The van der Waals surface area contributed by atoms with E-state index >= 15 is 0 Å². The Balaban J connectivity index is 1.77. The molecule has 1 aliphatic carbocycles. The van der Waals surface area contributed by atoms with Crippen molar-refractivity contribution in [1.29, 1.82) is 0 Å². The van der Waals surface area contributed by atoms with Gasteiger partial charge in [0, 0.05) is 12.7 Å². The maximum Gasteiger partial charge on any atom is 0.213 e. The number of hydrogen-bond acceptors (Lipinski definition) is 4. The topological polar surface area (TPSA) is 96.6 Å². The molecule has 8 heteroatoms. The number of hydrogen-bond donors (Lipinski definition) is 3. The zero-order valence-corrected chi connectivity index (χ0v) is 17.4. The van der Waals surface area contributed by atoms with Gasteiger partial charge in [0.1, 0.15) is 5.84 Å². The quantitative estimate of drug-likeness (QED) is 0.449.